The molecule has 0 saturated heterocycles. The maximum absolute atomic E-state index is 11.1. The van der Waals surface area contributed by atoms with Gasteiger partial charge < -0.3 is 0 Å². The Kier molecular flexibility index (Phi) is 1.65. The van der Waals surface area contributed by atoms with E-state index < -0.39 is 0 Å². The average molecular weight is 226 g/mol. The van der Waals surface area contributed by atoms with Gasteiger partial charge in [-0.05, 0) is 28.1 Å². The van der Waals surface area contributed by atoms with Crippen LogP contribution < -0.4 is 5.69 Å². The number of rotatable bonds is 0. The molecule has 0 amide bonds. The standard InChI is InChI=1S/C7H4BrN3O/c8-5-2-1-3-11-6(5)9-4-10-7(11)12/h1-4H. The normalized spacial score (nSPS) is 10.4. The minimum atomic E-state index is -0.318. The second kappa shape index (κ2) is 2.67. The lowest BCUT2D eigenvalue weighted by Gasteiger charge is -1.97. The molecule has 0 aromatic carbocycles. The predicted molar refractivity (Wildman–Crippen MR) is 47.0 cm³/mol. The van der Waals surface area contributed by atoms with Gasteiger partial charge in [0.15, 0.2) is 5.65 Å². The van der Waals surface area contributed by atoms with Gasteiger partial charge in [-0.15, -0.1) is 0 Å². The minimum absolute atomic E-state index is 0.318. The summed E-state index contributed by atoms with van der Waals surface area (Å²) in [5, 5.41) is 0. The Hall–Kier alpha value is -1.23. The maximum atomic E-state index is 11.1. The molecule has 0 spiro atoms. The molecular formula is C7H4BrN3O. The summed E-state index contributed by atoms with van der Waals surface area (Å²) in [4.78, 5) is 18.6. The summed E-state index contributed by atoms with van der Waals surface area (Å²) in [6.45, 7) is 0. The second-order valence-electron chi connectivity index (χ2n) is 2.21. The van der Waals surface area contributed by atoms with Gasteiger partial charge in [-0.2, -0.15) is 4.98 Å². The summed E-state index contributed by atoms with van der Waals surface area (Å²) in [7, 11) is 0. The van der Waals surface area contributed by atoms with Gasteiger partial charge in [-0.1, -0.05) is 0 Å². The van der Waals surface area contributed by atoms with E-state index in [1.165, 1.54) is 10.7 Å². The van der Waals surface area contributed by atoms with Gasteiger partial charge in [0.2, 0.25) is 0 Å². The van der Waals surface area contributed by atoms with E-state index in [2.05, 4.69) is 25.9 Å². The fraction of sp³-hybridized carbons (Fsp3) is 0. The van der Waals surface area contributed by atoms with Crippen molar-refractivity contribution in [1.29, 1.82) is 0 Å². The molecule has 2 heterocycles. The molecule has 2 aromatic rings. The molecule has 2 rings (SSSR count). The number of fused-ring (bicyclic) bond motifs is 1. The van der Waals surface area contributed by atoms with E-state index in [-0.39, 0.29) is 5.69 Å². The third-order valence-corrected chi connectivity index (χ3v) is 2.09. The van der Waals surface area contributed by atoms with Crippen molar-refractivity contribution in [2.24, 2.45) is 0 Å². The molecule has 2 aromatic heterocycles. The molecule has 12 heavy (non-hydrogen) atoms. The lowest BCUT2D eigenvalue weighted by Crippen LogP contribution is -2.16. The first-order valence-corrected chi connectivity index (χ1v) is 4.06. The van der Waals surface area contributed by atoms with Crippen LogP contribution in [-0.2, 0) is 0 Å². The second-order valence-corrected chi connectivity index (χ2v) is 3.06. The Labute approximate surface area is 76.0 Å². The van der Waals surface area contributed by atoms with Crippen molar-refractivity contribution in [1.82, 2.24) is 14.4 Å². The van der Waals surface area contributed by atoms with Crippen molar-refractivity contribution in [2.45, 2.75) is 0 Å². The van der Waals surface area contributed by atoms with Crippen LogP contribution in [0.3, 0.4) is 0 Å². The van der Waals surface area contributed by atoms with Crippen molar-refractivity contribution in [3.63, 3.8) is 0 Å². The Bertz CT molecular complexity index is 479. The molecule has 0 N–H and O–H groups in total. The van der Waals surface area contributed by atoms with Crippen LogP contribution in [0.25, 0.3) is 5.65 Å². The van der Waals surface area contributed by atoms with Gasteiger partial charge >= 0.3 is 5.69 Å². The molecule has 0 radical (unpaired) electrons. The first-order chi connectivity index (χ1) is 5.79. The van der Waals surface area contributed by atoms with Crippen LogP contribution in [0.5, 0.6) is 0 Å². The zero-order valence-corrected chi connectivity index (χ0v) is 7.52. The Morgan fingerprint density at radius 1 is 1.42 bits per heavy atom. The molecule has 60 valence electrons. The fourth-order valence-corrected chi connectivity index (χ4v) is 1.39. The smallest absolute Gasteiger partial charge is 0.250 e. The van der Waals surface area contributed by atoms with E-state index in [1.807, 2.05) is 6.07 Å². The third kappa shape index (κ3) is 1.02. The SMILES string of the molecule is O=c1ncnc2c(Br)cccn12. The number of halogens is 1. The van der Waals surface area contributed by atoms with Gasteiger partial charge in [-0.25, -0.2) is 9.78 Å². The minimum Gasteiger partial charge on any atom is -0.250 e. The molecule has 4 nitrogen and oxygen atoms in total. The quantitative estimate of drug-likeness (QED) is 0.669. The molecule has 0 unspecified atom stereocenters. The van der Waals surface area contributed by atoms with Gasteiger partial charge in [0, 0.05) is 6.20 Å². The molecule has 0 aliphatic carbocycles. The van der Waals surface area contributed by atoms with Crippen LogP contribution in [0.4, 0.5) is 0 Å². The highest BCUT2D eigenvalue weighted by Crippen LogP contribution is 2.12. The summed E-state index contributed by atoms with van der Waals surface area (Å²) in [6.07, 6.45) is 2.88. The first kappa shape index (κ1) is 7.42. The average Bonchev–Trinajstić information content (AvgIpc) is 2.07. The van der Waals surface area contributed by atoms with Crippen LogP contribution in [-0.4, -0.2) is 14.4 Å². The molecular weight excluding hydrogens is 222 g/mol. The van der Waals surface area contributed by atoms with Crippen LogP contribution in [0.2, 0.25) is 0 Å². The molecule has 0 atom stereocenters. The van der Waals surface area contributed by atoms with Crippen molar-refractivity contribution in [2.75, 3.05) is 0 Å². The van der Waals surface area contributed by atoms with E-state index in [0.717, 1.165) is 4.47 Å². The number of nitrogens with zero attached hydrogens (tertiary/aromatic N) is 3. The van der Waals surface area contributed by atoms with Crippen LogP contribution in [0.1, 0.15) is 0 Å². The monoisotopic (exact) mass is 225 g/mol. The number of hydrogen-bond donors (Lipinski definition) is 0. The van der Waals surface area contributed by atoms with E-state index in [1.54, 1.807) is 12.3 Å². The highest BCUT2D eigenvalue weighted by molar-refractivity contribution is 9.10. The van der Waals surface area contributed by atoms with Gasteiger partial charge in [0.1, 0.15) is 6.33 Å². The summed E-state index contributed by atoms with van der Waals surface area (Å²) >= 11 is 3.28. The number of aromatic nitrogens is 3. The van der Waals surface area contributed by atoms with E-state index in [9.17, 15) is 4.79 Å². The summed E-state index contributed by atoms with van der Waals surface area (Å²) < 4.78 is 2.16. The molecule has 0 aliphatic heterocycles. The van der Waals surface area contributed by atoms with Crippen LogP contribution >= 0.6 is 15.9 Å². The Balaban J connectivity index is 3.05. The molecule has 5 heteroatoms. The highest BCUT2D eigenvalue weighted by atomic mass is 79.9. The van der Waals surface area contributed by atoms with Gasteiger partial charge in [-0.3, -0.25) is 4.40 Å². The zero-order valence-electron chi connectivity index (χ0n) is 5.94. The van der Waals surface area contributed by atoms with Crippen molar-refractivity contribution in [3.05, 3.63) is 39.6 Å². The lowest BCUT2D eigenvalue weighted by atomic mass is 10.5. The number of hydrogen-bond acceptors (Lipinski definition) is 3. The predicted octanol–water partition coefficient (Wildman–Crippen LogP) is 0.852. The van der Waals surface area contributed by atoms with Crippen molar-refractivity contribution < 1.29 is 0 Å². The molecule has 0 aliphatic rings. The highest BCUT2D eigenvalue weighted by Gasteiger charge is 1.99. The zero-order chi connectivity index (χ0) is 8.55. The fourth-order valence-electron chi connectivity index (χ4n) is 0.947. The summed E-state index contributed by atoms with van der Waals surface area (Å²) in [6, 6.07) is 3.57. The van der Waals surface area contributed by atoms with Crippen molar-refractivity contribution in [3.8, 4) is 0 Å². The summed E-state index contributed by atoms with van der Waals surface area (Å²) in [5.41, 5.74) is 0.263. The maximum Gasteiger partial charge on any atom is 0.354 e. The van der Waals surface area contributed by atoms with E-state index >= 15 is 0 Å². The topological polar surface area (TPSA) is 47.3 Å². The van der Waals surface area contributed by atoms with E-state index in [4.69, 9.17) is 0 Å². The molecule has 0 fully saturated rings. The Morgan fingerprint density at radius 2 is 2.25 bits per heavy atom. The van der Waals surface area contributed by atoms with Gasteiger partial charge in [0.25, 0.3) is 0 Å². The van der Waals surface area contributed by atoms with Crippen LogP contribution in [0, 0.1) is 0 Å². The van der Waals surface area contributed by atoms with E-state index in [0.29, 0.717) is 5.65 Å². The van der Waals surface area contributed by atoms with Crippen molar-refractivity contribution >= 4 is 21.6 Å². The third-order valence-electron chi connectivity index (χ3n) is 1.47. The van der Waals surface area contributed by atoms with Gasteiger partial charge in [0.05, 0.1) is 4.47 Å². The molecule has 0 bridgehead atoms. The number of pyridine rings is 1. The molecule has 0 saturated carbocycles. The Morgan fingerprint density at radius 3 is 3.00 bits per heavy atom. The summed E-state index contributed by atoms with van der Waals surface area (Å²) in [5.74, 6) is 0. The van der Waals surface area contributed by atoms with Crippen LogP contribution in [0.15, 0.2) is 33.9 Å². The first-order valence-electron chi connectivity index (χ1n) is 3.27. The largest absolute Gasteiger partial charge is 0.354 e. The lowest BCUT2D eigenvalue weighted by molar-refractivity contribution is 0.937.